The Labute approximate surface area is 137 Å². The van der Waals surface area contributed by atoms with E-state index in [-0.39, 0.29) is 11.4 Å². The minimum Gasteiger partial charge on any atom is -0.380 e. The molecule has 0 bridgehead atoms. The van der Waals surface area contributed by atoms with Gasteiger partial charge in [0.25, 0.3) is 0 Å². The molecule has 0 amide bonds. The highest BCUT2D eigenvalue weighted by molar-refractivity contribution is 9.11. The summed E-state index contributed by atoms with van der Waals surface area (Å²) in [4.78, 5) is 0.225. The van der Waals surface area contributed by atoms with Gasteiger partial charge in [0.1, 0.15) is 0 Å². The van der Waals surface area contributed by atoms with Crippen molar-refractivity contribution < 1.29 is 13.2 Å². The molecule has 0 radical (unpaired) electrons. The zero-order chi connectivity index (χ0) is 15.2. The van der Waals surface area contributed by atoms with E-state index in [0.717, 1.165) is 10.9 Å². The van der Waals surface area contributed by atoms with Crippen molar-refractivity contribution in [2.45, 2.75) is 25.2 Å². The predicted molar refractivity (Wildman–Crippen MR) is 87.3 cm³/mol. The Balaban J connectivity index is 2.46. The molecule has 20 heavy (non-hydrogen) atoms. The van der Waals surface area contributed by atoms with E-state index in [9.17, 15) is 8.42 Å². The Hall–Kier alpha value is 0.0500. The summed E-state index contributed by atoms with van der Waals surface area (Å²) in [5.74, 6) is 0.588. The van der Waals surface area contributed by atoms with Crippen molar-refractivity contribution in [1.82, 2.24) is 4.72 Å². The Morgan fingerprint density at radius 2 is 1.95 bits per heavy atom. The van der Waals surface area contributed by atoms with Crippen molar-refractivity contribution in [1.29, 1.82) is 0 Å². The second-order valence-electron chi connectivity index (χ2n) is 4.77. The summed E-state index contributed by atoms with van der Waals surface area (Å²) in [6.07, 6.45) is 0.977. The zero-order valence-electron chi connectivity index (χ0n) is 11.5. The molecule has 0 fully saturated rings. The van der Waals surface area contributed by atoms with Gasteiger partial charge in [0.05, 0.1) is 11.5 Å². The van der Waals surface area contributed by atoms with Crippen molar-refractivity contribution in [3.05, 3.63) is 27.1 Å². The summed E-state index contributed by atoms with van der Waals surface area (Å²) in [6, 6.07) is 4.95. The van der Waals surface area contributed by atoms with Gasteiger partial charge in [0.2, 0.25) is 10.0 Å². The van der Waals surface area contributed by atoms with Crippen LogP contribution in [-0.2, 0) is 14.8 Å². The van der Waals surface area contributed by atoms with E-state index in [1.165, 1.54) is 0 Å². The summed E-state index contributed by atoms with van der Waals surface area (Å²) in [5, 5.41) is 0. The number of hydrogen-bond donors (Lipinski definition) is 1. The van der Waals surface area contributed by atoms with Gasteiger partial charge in [-0.15, -0.1) is 0 Å². The Morgan fingerprint density at radius 1 is 1.25 bits per heavy atom. The van der Waals surface area contributed by atoms with Crippen LogP contribution < -0.4 is 4.72 Å². The van der Waals surface area contributed by atoms with E-state index in [2.05, 4.69) is 50.4 Å². The maximum Gasteiger partial charge on any atom is 0.241 e. The third-order valence-electron chi connectivity index (χ3n) is 2.56. The molecule has 0 spiro atoms. The molecule has 0 unspecified atom stereocenters. The van der Waals surface area contributed by atoms with Crippen LogP contribution in [0.3, 0.4) is 0 Å². The Kier molecular flexibility index (Phi) is 7.68. The van der Waals surface area contributed by atoms with Crippen molar-refractivity contribution in [3.8, 4) is 0 Å². The highest BCUT2D eigenvalue weighted by Crippen LogP contribution is 2.25. The molecule has 1 N–H and O–H groups in total. The second kappa shape index (κ2) is 8.48. The molecule has 0 aliphatic carbocycles. The Bertz CT molecular complexity index is 532. The van der Waals surface area contributed by atoms with Crippen LogP contribution in [0.5, 0.6) is 0 Å². The molecular weight excluding hydrogens is 410 g/mol. The SMILES string of the molecule is CC(C)CCOCCNS(=O)(=O)c1ccc(Br)cc1Br. The lowest BCUT2D eigenvalue weighted by molar-refractivity contribution is 0.128. The molecule has 4 nitrogen and oxygen atoms in total. The summed E-state index contributed by atoms with van der Waals surface area (Å²) >= 11 is 6.54. The molecule has 1 rings (SSSR count). The van der Waals surface area contributed by atoms with Gasteiger partial charge in [-0.3, -0.25) is 0 Å². The van der Waals surface area contributed by atoms with Crippen LogP contribution in [0.25, 0.3) is 0 Å². The first-order valence-corrected chi connectivity index (χ1v) is 9.42. The van der Waals surface area contributed by atoms with Gasteiger partial charge in [-0.25, -0.2) is 13.1 Å². The van der Waals surface area contributed by atoms with Crippen LogP contribution in [0.1, 0.15) is 20.3 Å². The fraction of sp³-hybridized carbons (Fsp3) is 0.538. The number of halogens is 2. The van der Waals surface area contributed by atoms with Crippen molar-refractivity contribution in [2.24, 2.45) is 5.92 Å². The molecule has 7 heteroatoms. The highest BCUT2D eigenvalue weighted by atomic mass is 79.9. The molecule has 0 aliphatic rings. The van der Waals surface area contributed by atoms with E-state index in [1.54, 1.807) is 18.2 Å². The van der Waals surface area contributed by atoms with E-state index < -0.39 is 10.0 Å². The van der Waals surface area contributed by atoms with E-state index >= 15 is 0 Å². The topological polar surface area (TPSA) is 55.4 Å². The molecule has 114 valence electrons. The lowest BCUT2D eigenvalue weighted by Gasteiger charge is -2.10. The smallest absolute Gasteiger partial charge is 0.241 e. The second-order valence-corrected chi connectivity index (χ2v) is 8.27. The zero-order valence-corrected chi connectivity index (χ0v) is 15.5. The van der Waals surface area contributed by atoms with Gasteiger partial charge >= 0.3 is 0 Å². The standard InChI is InChI=1S/C13H19Br2NO3S/c1-10(2)5-7-19-8-6-16-20(17,18)13-4-3-11(14)9-12(13)15/h3-4,9-10,16H,5-8H2,1-2H3. The number of rotatable bonds is 8. The lowest BCUT2D eigenvalue weighted by atomic mass is 10.1. The molecule has 0 saturated carbocycles. The highest BCUT2D eigenvalue weighted by Gasteiger charge is 2.16. The minimum absolute atomic E-state index is 0.225. The average Bonchev–Trinajstić information content (AvgIpc) is 2.32. The average molecular weight is 429 g/mol. The molecular formula is C13H19Br2NO3S. The maximum atomic E-state index is 12.1. The van der Waals surface area contributed by atoms with Gasteiger partial charge in [0, 0.05) is 22.1 Å². The van der Waals surface area contributed by atoms with Gasteiger partial charge in [0.15, 0.2) is 0 Å². The number of benzene rings is 1. The molecule has 0 atom stereocenters. The predicted octanol–water partition coefficient (Wildman–Crippen LogP) is 3.55. The van der Waals surface area contributed by atoms with E-state index in [4.69, 9.17) is 4.74 Å². The fourth-order valence-corrected chi connectivity index (χ4v) is 4.20. The van der Waals surface area contributed by atoms with Gasteiger partial charge in [-0.05, 0) is 46.5 Å². The normalized spacial score (nSPS) is 12.1. The van der Waals surface area contributed by atoms with Gasteiger partial charge < -0.3 is 4.74 Å². The van der Waals surface area contributed by atoms with Crippen LogP contribution in [0, 0.1) is 5.92 Å². The van der Waals surface area contributed by atoms with Gasteiger partial charge in [-0.1, -0.05) is 29.8 Å². The maximum absolute atomic E-state index is 12.1. The first-order chi connectivity index (χ1) is 9.33. The van der Waals surface area contributed by atoms with Crippen LogP contribution in [0.15, 0.2) is 32.0 Å². The number of nitrogens with one attached hydrogen (secondary N) is 1. The third kappa shape index (κ3) is 6.22. The summed E-state index contributed by atoms with van der Waals surface area (Å²) in [6.45, 7) is 5.54. The third-order valence-corrected chi connectivity index (χ3v) is 5.49. The lowest BCUT2D eigenvalue weighted by Crippen LogP contribution is -2.28. The number of sulfonamides is 1. The monoisotopic (exact) mass is 427 g/mol. The van der Waals surface area contributed by atoms with E-state index in [1.807, 2.05) is 0 Å². The molecule has 0 aromatic heterocycles. The van der Waals surface area contributed by atoms with Crippen molar-refractivity contribution >= 4 is 41.9 Å². The van der Waals surface area contributed by atoms with E-state index in [0.29, 0.717) is 23.6 Å². The van der Waals surface area contributed by atoms with Crippen LogP contribution in [-0.4, -0.2) is 28.2 Å². The Morgan fingerprint density at radius 3 is 2.55 bits per heavy atom. The van der Waals surface area contributed by atoms with Crippen LogP contribution >= 0.6 is 31.9 Å². The molecule has 0 aliphatic heterocycles. The summed E-state index contributed by atoms with van der Waals surface area (Å²) in [7, 11) is -3.51. The largest absolute Gasteiger partial charge is 0.380 e. The molecule has 0 heterocycles. The number of hydrogen-bond acceptors (Lipinski definition) is 3. The van der Waals surface area contributed by atoms with Gasteiger partial charge in [-0.2, -0.15) is 0 Å². The first-order valence-electron chi connectivity index (χ1n) is 6.35. The van der Waals surface area contributed by atoms with Crippen molar-refractivity contribution in [3.63, 3.8) is 0 Å². The molecule has 0 saturated heterocycles. The molecule has 1 aromatic carbocycles. The van der Waals surface area contributed by atoms with Crippen LogP contribution in [0.2, 0.25) is 0 Å². The minimum atomic E-state index is -3.51. The summed E-state index contributed by atoms with van der Waals surface area (Å²) < 4.78 is 33.4. The quantitative estimate of drug-likeness (QED) is 0.644. The summed E-state index contributed by atoms with van der Waals surface area (Å²) in [5.41, 5.74) is 0. The van der Waals surface area contributed by atoms with Crippen molar-refractivity contribution in [2.75, 3.05) is 19.8 Å². The van der Waals surface area contributed by atoms with Crippen LogP contribution in [0.4, 0.5) is 0 Å². The molecule has 1 aromatic rings. The number of ether oxygens (including phenoxy) is 1. The first kappa shape index (κ1) is 18.1. The fourth-order valence-electron chi connectivity index (χ4n) is 1.44.